The molecule has 0 unspecified atom stereocenters. The monoisotopic (exact) mass is 808 g/mol. The number of esters is 1. The van der Waals surface area contributed by atoms with Gasteiger partial charge in [0.05, 0.1) is 11.7 Å². The average molecular weight is 809 g/mol. The van der Waals surface area contributed by atoms with E-state index >= 15 is 0 Å². The van der Waals surface area contributed by atoms with E-state index in [1.165, 1.54) is 19.3 Å². The highest BCUT2D eigenvalue weighted by Gasteiger charge is 2.34. The second-order valence-corrected chi connectivity index (χ2v) is 17.2. The molecule has 0 radical (unpaired) electrons. The Kier molecular flexibility index (Phi) is 14.4. The summed E-state index contributed by atoms with van der Waals surface area (Å²) in [7, 11) is 2.18. The van der Waals surface area contributed by atoms with Crippen molar-refractivity contribution in [3.8, 4) is 0 Å². The largest absolute Gasteiger partial charge is 0.442 e. The van der Waals surface area contributed by atoms with Crippen molar-refractivity contribution in [1.29, 1.82) is 0 Å². The Morgan fingerprint density at radius 3 is 2.36 bits per heavy atom. The van der Waals surface area contributed by atoms with E-state index in [1.54, 1.807) is 15.8 Å². The third-order valence-corrected chi connectivity index (χ3v) is 12.9. The molecule has 2 N–H and O–H groups in total. The molecule has 0 aliphatic carbocycles. The third-order valence-electron chi connectivity index (χ3n) is 12.9. The number of nitrogens with one attached hydrogen (secondary N) is 2. The Morgan fingerprint density at radius 2 is 1.59 bits per heavy atom. The van der Waals surface area contributed by atoms with E-state index in [0.717, 1.165) is 96.8 Å². The van der Waals surface area contributed by atoms with E-state index in [1.807, 2.05) is 48.2 Å². The maximum atomic E-state index is 14.4. The molecule has 3 fully saturated rings. The van der Waals surface area contributed by atoms with E-state index in [4.69, 9.17) is 4.74 Å². The number of aromatic nitrogens is 3. The lowest BCUT2D eigenvalue weighted by molar-refractivity contribution is -0.147. The summed E-state index contributed by atoms with van der Waals surface area (Å²) in [6, 6.07) is 13.4. The van der Waals surface area contributed by atoms with Crippen molar-refractivity contribution in [2.45, 2.75) is 116 Å². The first-order valence-electron chi connectivity index (χ1n) is 22.2. The van der Waals surface area contributed by atoms with Crippen LogP contribution in [0.3, 0.4) is 0 Å². The number of urea groups is 1. The van der Waals surface area contributed by atoms with Gasteiger partial charge in [-0.15, -0.1) is 0 Å². The molecule has 0 saturated carbocycles. The van der Waals surface area contributed by atoms with Gasteiger partial charge in [-0.2, -0.15) is 5.10 Å². The summed E-state index contributed by atoms with van der Waals surface area (Å²) >= 11 is 0. The zero-order valence-electron chi connectivity index (χ0n) is 35.4. The first-order chi connectivity index (χ1) is 28.7. The molecule has 59 heavy (non-hydrogen) atoms. The number of hydrogen-bond acceptors (Lipinski definition) is 8. The molecular weight excluding hydrogens is 745 g/mol. The number of para-hydroxylation sites is 1. The van der Waals surface area contributed by atoms with Gasteiger partial charge in [0, 0.05) is 74.6 Å². The van der Waals surface area contributed by atoms with Gasteiger partial charge in [-0.25, -0.2) is 9.48 Å². The predicted molar refractivity (Wildman–Crippen MR) is 231 cm³/mol. The van der Waals surface area contributed by atoms with Crippen LogP contribution in [0.25, 0.3) is 21.8 Å². The van der Waals surface area contributed by atoms with Crippen molar-refractivity contribution in [3.05, 3.63) is 75.7 Å². The molecule has 3 aliphatic heterocycles. The quantitative estimate of drug-likeness (QED) is 0.108. The number of unbranched alkanes of at least 4 members (excludes halogenated alkanes) is 5. The smallest absolute Gasteiger partial charge is 0.318 e. The SMILES string of the molecule is CCCCCCCCC(=O)OCn1ncc2cc(C[C@@H](NC(=O)N3CCC(c4cc5ccccc5[nH]c4=O)CC3)C(=O)N3CCN(C4CCN(C)CC4)CC3)cc(C)c21. The molecule has 0 spiro atoms. The van der Waals surface area contributed by atoms with Gasteiger partial charge >= 0.3 is 12.0 Å². The molecule has 5 heterocycles. The van der Waals surface area contributed by atoms with Gasteiger partial charge in [-0.1, -0.05) is 63.3 Å². The zero-order valence-corrected chi connectivity index (χ0v) is 35.4. The molecule has 2 aromatic heterocycles. The molecule has 318 valence electrons. The van der Waals surface area contributed by atoms with E-state index in [2.05, 4.69) is 45.2 Å². The van der Waals surface area contributed by atoms with Crippen LogP contribution >= 0.6 is 0 Å². The molecule has 3 saturated heterocycles. The maximum absolute atomic E-state index is 14.4. The lowest BCUT2D eigenvalue weighted by Gasteiger charge is -2.43. The second kappa shape index (κ2) is 20.0. The molecule has 3 aliphatic rings. The van der Waals surface area contributed by atoms with E-state index in [9.17, 15) is 19.2 Å². The number of benzene rings is 2. The van der Waals surface area contributed by atoms with Gasteiger partial charge in [-0.3, -0.25) is 19.3 Å². The molecular formula is C46H64N8O5. The standard InChI is InChI=1S/C46H64N8O5/c1-4-5-6-7-8-9-14-42(55)59-32-54-43-33(2)27-34(28-37(43)31-47-54)29-41(45(57)52-25-23-51(24-26-52)38-17-19-50(3)20-18-38)49-46(58)53-21-15-35(16-22-53)39-30-36-12-10-11-13-40(36)48-44(39)56/h10-13,27-28,30-31,35,38,41H,4-9,14-26,29,32H2,1-3H3,(H,48,56)(H,49,58)/t41-/m1/s1. The Hall–Kier alpha value is -4.75. The summed E-state index contributed by atoms with van der Waals surface area (Å²) in [5, 5.41) is 9.61. The fraction of sp³-hybridized carbons (Fsp3) is 0.587. The highest BCUT2D eigenvalue weighted by atomic mass is 16.5. The van der Waals surface area contributed by atoms with Crippen molar-refractivity contribution in [2.24, 2.45) is 0 Å². The number of piperazine rings is 1. The first-order valence-corrected chi connectivity index (χ1v) is 22.2. The summed E-state index contributed by atoms with van der Waals surface area (Å²) < 4.78 is 7.33. The number of piperidine rings is 2. The van der Waals surface area contributed by atoms with Crippen LogP contribution in [-0.2, 0) is 27.5 Å². The van der Waals surface area contributed by atoms with Gasteiger partial charge in [0.2, 0.25) is 5.91 Å². The number of carbonyl (C=O) groups is 3. The molecule has 4 aromatic rings. The van der Waals surface area contributed by atoms with Crippen LogP contribution in [0.4, 0.5) is 4.79 Å². The van der Waals surface area contributed by atoms with Gasteiger partial charge in [0.25, 0.3) is 5.56 Å². The van der Waals surface area contributed by atoms with Crippen LogP contribution in [0.1, 0.15) is 100 Å². The second-order valence-electron chi connectivity index (χ2n) is 17.2. The zero-order chi connectivity index (χ0) is 41.3. The van der Waals surface area contributed by atoms with Crippen LogP contribution in [0, 0.1) is 6.92 Å². The first kappa shape index (κ1) is 42.4. The van der Waals surface area contributed by atoms with Crippen molar-refractivity contribution < 1.29 is 19.1 Å². The molecule has 13 heteroatoms. The van der Waals surface area contributed by atoms with Gasteiger partial charge in [0.1, 0.15) is 6.04 Å². The summed E-state index contributed by atoms with van der Waals surface area (Å²) in [4.78, 5) is 65.6. The summed E-state index contributed by atoms with van der Waals surface area (Å²) in [5.74, 6) is -0.232. The van der Waals surface area contributed by atoms with Crippen molar-refractivity contribution in [3.63, 3.8) is 0 Å². The maximum Gasteiger partial charge on any atom is 0.318 e. The van der Waals surface area contributed by atoms with Gasteiger partial charge in [0.15, 0.2) is 6.73 Å². The lowest BCUT2D eigenvalue weighted by atomic mass is 9.89. The van der Waals surface area contributed by atoms with Crippen LogP contribution in [0.2, 0.25) is 0 Å². The summed E-state index contributed by atoms with van der Waals surface area (Å²) in [5.41, 5.74) is 4.27. The van der Waals surface area contributed by atoms with Gasteiger partial charge < -0.3 is 29.7 Å². The lowest BCUT2D eigenvalue weighted by Crippen LogP contribution is -2.59. The van der Waals surface area contributed by atoms with Crippen LogP contribution in [-0.4, -0.2) is 124 Å². The minimum atomic E-state index is -0.756. The minimum absolute atomic E-state index is 0.0464. The number of ether oxygens (including phenoxy) is 1. The minimum Gasteiger partial charge on any atom is -0.442 e. The third kappa shape index (κ3) is 10.7. The molecule has 1 atom stereocenters. The van der Waals surface area contributed by atoms with Crippen LogP contribution in [0.5, 0.6) is 0 Å². The number of pyridine rings is 1. The fourth-order valence-electron chi connectivity index (χ4n) is 9.42. The van der Waals surface area contributed by atoms with Crippen LogP contribution < -0.4 is 10.9 Å². The Labute approximate surface area is 348 Å². The normalized spacial score (nSPS) is 18.1. The fourth-order valence-corrected chi connectivity index (χ4v) is 9.42. The average Bonchev–Trinajstić information content (AvgIpc) is 3.67. The number of aromatic amines is 1. The van der Waals surface area contributed by atoms with E-state index in [0.29, 0.717) is 57.9 Å². The van der Waals surface area contributed by atoms with E-state index in [-0.39, 0.29) is 36.1 Å². The van der Waals surface area contributed by atoms with Crippen molar-refractivity contribution >= 4 is 39.7 Å². The highest BCUT2D eigenvalue weighted by Crippen LogP contribution is 2.28. The number of amides is 3. The number of nitrogens with zero attached hydrogens (tertiary/aromatic N) is 6. The number of H-pyrrole nitrogens is 1. The van der Waals surface area contributed by atoms with Gasteiger partial charge in [-0.05, 0) is 99.8 Å². The Balaban J connectivity index is 1.01. The number of aryl methyl sites for hydroxylation is 1. The number of fused-ring (bicyclic) bond motifs is 2. The number of hydrogen-bond donors (Lipinski definition) is 2. The Morgan fingerprint density at radius 1 is 0.864 bits per heavy atom. The summed E-state index contributed by atoms with van der Waals surface area (Å²) in [6.45, 7) is 10.3. The van der Waals surface area contributed by atoms with E-state index < -0.39 is 6.04 Å². The molecule has 7 rings (SSSR count). The molecule has 2 aromatic carbocycles. The van der Waals surface area contributed by atoms with Crippen molar-refractivity contribution in [2.75, 3.05) is 59.4 Å². The number of carbonyl (C=O) groups excluding carboxylic acids is 3. The molecule has 13 nitrogen and oxygen atoms in total. The molecule has 0 bridgehead atoms. The Bertz CT molecular complexity index is 2110. The number of likely N-dealkylation sites (tertiary alicyclic amines) is 2. The highest BCUT2D eigenvalue weighted by molar-refractivity contribution is 5.88. The van der Waals surface area contributed by atoms with Crippen molar-refractivity contribution in [1.82, 2.24) is 39.7 Å². The summed E-state index contributed by atoms with van der Waals surface area (Å²) in [6.07, 6.45) is 12.8. The predicted octanol–water partition coefficient (Wildman–Crippen LogP) is 6.18. The van der Waals surface area contributed by atoms with Crippen LogP contribution in [0.15, 0.2) is 53.5 Å². The topological polar surface area (TPSA) is 136 Å². The molecule has 3 amide bonds. The number of rotatable bonds is 15.